The van der Waals surface area contributed by atoms with Crippen molar-refractivity contribution in [1.82, 2.24) is 23.6 Å². The van der Waals surface area contributed by atoms with Crippen LogP contribution in [0.1, 0.15) is 59.3 Å². The second kappa shape index (κ2) is 12.3. The maximum Gasteiger partial charge on any atom is 0.332 e. The van der Waals surface area contributed by atoms with Gasteiger partial charge in [0, 0.05) is 32.7 Å². The normalized spacial score (nSPS) is 16.4. The summed E-state index contributed by atoms with van der Waals surface area (Å²) in [4.78, 5) is 33.0. The topological polar surface area (TPSA) is 94.5 Å². The van der Waals surface area contributed by atoms with E-state index in [4.69, 9.17) is 4.74 Å². The SMILES string of the molecule is CCCCn1c(=O)n(CCCCC(C)(O)C#CCN2CCOCC2)c(=O)c2c1ncn2CCC. The summed E-state index contributed by atoms with van der Waals surface area (Å²) in [5.74, 6) is 6.07. The van der Waals surface area contributed by atoms with Crippen molar-refractivity contribution < 1.29 is 9.84 Å². The summed E-state index contributed by atoms with van der Waals surface area (Å²) >= 11 is 0. The molecule has 0 aliphatic carbocycles. The summed E-state index contributed by atoms with van der Waals surface area (Å²) in [6.07, 6.45) is 6.08. The fourth-order valence-corrected chi connectivity index (χ4v) is 4.27. The Balaban J connectivity index is 1.68. The Morgan fingerprint density at radius 3 is 2.50 bits per heavy atom. The van der Waals surface area contributed by atoms with Crippen molar-refractivity contribution >= 4 is 11.2 Å². The Morgan fingerprint density at radius 2 is 1.79 bits per heavy atom. The summed E-state index contributed by atoms with van der Waals surface area (Å²) in [5.41, 5.74) is -0.701. The van der Waals surface area contributed by atoms with Crippen LogP contribution in [0.15, 0.2) is 15.9 Å². The van der Waals surface area contributed by atoms with Crippen LogP contribution in [0.5, 0.6) is 0 Å². The van der Waals surface area contributed by atoms with Gasteiger partial charge in [-0.05, 0) is 39.0 Å². The highest BCUT2D eigenvalue weighted by molar-refractivity contribution is 5.70. The van der Waals surface area contributed by atoms with Crippen LogP contribution >= 0.6 is 0 Å². The van der Waals surface area contributed by atoms with Crippen LogP contribution in [0.4, 0.5) is 0 Å². The summed E-state index contributed by atoms with van der Waals surface area (Å²) in [6.45, 7) is 11.2. The number of imidazole rings is 1. The van der Waals surface area contributed by atoms with Gasteiger partial charge in [-0.15, -0.1) is 0 Å². The van der Waals surface area contributed by atoms with E-state index in [0.717, 1.165) is 45.6 Å². The molecule has 188 valence electrons. The average Bonchev–Trinajstić information content (AvgIpc) is 3.23. The van der Waals surface area contributed by atoms with E-state index in [-0.39, 0.29) is 11.2 Å². The van der Waals surface area contributed by atoms with E-state index < -0.39 is 5.60 Å². The minimum atomic E-state index is -1.09. The van der Waals surface area contributed by atoms with E-state index in [2.05, 4.69) is 28.6 Å². The first-order chi connectivity index (χ1) is 16.4. The molecule has 3 heterocycles. The molecule has 0 aromatic carbocycles. The fourth-order valence-electron chi connectivity index (χ4n) is 4.27. The van der Waals surface area contributed by atoms with Crippen LogP contribution in [-0.4, -0.2) is 67.1 Å². The fraction of sp³-hybridized carbons (Fsp3) is 0.720. The third kappa shape index (κ3) is 6.59. The van der Waals surface area contributed by atoms with Gasteiger partial charge in [-0.25, -0.2) is 9.78 Å². The van der Waals surface area contributed by atoms with Gasteiger partial charge in [-0.3, -0.25) is 18.8 Å². The zero-order chi connectivity index (χ0) is 24.6. The molecule has 1 saturated heterocycles. The Morgan fingerprint density at radius 1 is 1.06 bits per heavy atom. The molecule has 0 saturated carbocycles. The lowest BCUT2D eigenvalue weighted by molar-refractivity contribution is 0.0442. The second-order valence-corrected chi connectivity index (χ2v) is 9.28. The highest BCUT2D eigenvalue weighted by Gasteiger charge is 2.19. The van der Waals surface area contributed by atoms with Crippen LogP contribution < -0.4 is 11.2 Å². The Labute approximate surface area is 201 Å². The number of fused-ring (bicyclic) bond motifs is 1. The Hall–Kier alpha value is -2.41. The lowest BCUT2D eigenvalue weighted by Gasteiger charge is -2.24. The number of ether oxygens (including phenoxy) is 1. The lowest BCUT2D eigenvalue weighted by Crippen LogP contribution is -2.40. The monoisotopic (exact) mass is 473 g/mol. The van der Waals surface area contributed by atoms with Crippen molar-refractivity contribution in [2.45, 2.75) is 84.5 Å². The van der Waals surface area contributed by atoms with Crippen LogP contribution in [0, 0.1) is 11.8 Å². The van der Waals surface area contributed by atoms with Crippen molar-refractivity contribution in [3.8, 4) is 11.8 Å². The number of aromatic nitrogens is 4. The molecule has 9 heteroatoms. The van der Waals surface area contributed by atoms with Gasteiger partial charge in [0.25, 0.3) is 5.56 Å². The number of aliphatic hydroxyl groups is 1. The van der Waals surface area contributed by atoms with Gasteiger partial charge in [-0.2, -0.15) is 0 Å². The molecule has 9 nitrogen and oxygen atoms in total. The largest absolute Gasteiger partial charge is 0.379 e. The molecule has 1 N–H and O–H groups in total. The number of hydrogen-bond acceptors (Lipinski definition) is 6. The van der Waals surface area contributed by atoms with Gasteiger partial charge in [-0.1, -0.05) is 32.1 Å². The summed E-state index contributed by atoms with van der Waals surface area (Å²) in [6, 6.07) is 0. The number of nitrogens with zero attached hydrogens (tertiary/aromatic N) is 5. The van der Waals surface area contributed by atoms with E-state index in [1.165, 1.54) is 4.57 Å². The maximum absolute atomic E-state index is 13.2. The van der Waals surface area contributed by atoms with Gasteiger partial charge >= 0.3 is 5.69 Å². The summed E-state index contributed by atoms with van der Waals surface area (Å²) in [5, 5.41) is 10.6. The summed E-state index contributed by atoms with van der Waals surface area (Å²) < 4.78 is 10.2. The predicted molar refractivity (Wildman–Crippen MR) is 133 cm³/mol. The quantitative estimate of drug-likeness (QED) is 0.395. The molecule has 0 spiro atoms. The van der Waals surface area contributed by atoms with Crippen molar-refractivity contribution in [3.05, 3.63) is 27.2 Å². The van der Waals surface area contributed by atoms with Crippen molar-refractivity contribution in [2.75, 3.05) is 32.8 Å². The lowest BCUT2D eigenvalue weighted by atomic mass is 9.99. The van der Waals surface area contributed by atoms with E-state index >= 15 is 0 Å². The van der Waals surface area contributed by atoms with Gasteiger partial charge in [0.1, 0.15) is 5.60 Å². The minimum Gasteiger partial charge on any atom is -0.379 e. The van der Waals surface area contributed by atoms with Crippen LogP contribution in [0.25, 0.3) is 11.2 Å². The van der Waals surface area contributed by atoms with E-state index in [1.807, 2.05) is 11.5 Å². The molecular formula is C25H39N5O4. The first-order valence-corrected chi connectivity index (χ1v) is 12.6. The van der Waals surface area contributed by atoms with Crippen molar-refractivity contribution in [3.63, 3.8) is 0 Å². The molecular weight excluding hydrogens is 434 g/mol. The molecule has 1 aliphatic rings. The number of aryl methyl sites for hydroxylation is 2. The molecule has 1 unspecified atom stereocenters. The molecule has 0 amide bonds. The van der Waals surface area contributed by atoms with Gasteiger partial charge in [0.15, 0.2) is 11.2 Å². The van der Waals surface area contributed by atoms with Crippen LogP contribution in [0.3, 0.4) is 0 Å². The average molecular weight is 474 g/mol. The molecule has 2 aromatic rings. The number of unbranched alkanes of at least 4 members (excludes halogenated alkanes) is 2. The number of rotatable bonds is 11. The number of hydrogen-bond donors (Lipinski definition) is 1. The third-order valence-corrected chi connectivity index (χ3v) is 6.24. The second-order valence-electron chi connectivity index (χ2n) is 9.28. The zero-order valence-corrected chi connectivity index (χ0v) is 20.9. The smallest absolute Gasteiger partial charge is 0.332 e. The maximum atomic E-state index is 13.2. The molecule has 1 fully saturated rings. The zero-order valence-electron chi connectivity index (χ0n) is 20.9. The van der Waals surface area contributed by atoms with Gasteiger partial charge in [0.05, 0.1) is 26.1 Å². The first kappa shape index (κ1) is 26.2. The van der Waals surface area contributed by atoms with E-state index in [9.17, 15) is 14.7 Å². The predicted octanol–water partition coefficient (Wildman–Crippen LogP) is 1.83. The van der Waals surface area contributed by atoms with Gasteiger partial charge < -0.3 is 14.4 Å². The molecule has 34 heavy (non-hydrogen) atoms. The van der Waals surface area contributed by atoms with E-state index in [1.54, 1.807) is 17.8 Å². The third-order valence-electron chi connectivity index (χ3n) is 6.24. The standard InChI is InChI=1S/C25H39N5O4/c1-4-6-14-29-22-21(28(12-5-2)20-26-22)23(31)30(24(29)32)15-8-7-10-25(3,33)11-9-13-27-16-18-34-19-17-27/h20,33H,4-8,10,12-19H2,1-3H3. The Kier molecular flexibility index (Phi) is 9.51. The highest BCUT2D eigenvalue weighted by Crippen LogP contribution is 2.14. The minimum absolute atomic E-state index is 0.282. The molecule has 0 radical (unpaired) electrons. The summed E-state index contributed by atoms with van der Waals surface area (Å²) in [7, 11) is 0. The van der Waals surface area contributed by atoms with E-state index in [0.29, 0.717) is 56.6 Å². The van der Waals surface area contributed by atoms with Gasteiger partial charge in [0.2, 0.25) is 0 Å². The first-order valence-electron chi connectivity index (χ1n) is 12.6. The molecule has 1 atom stereocenters. The van der Waals surface area contributed by atoms with Crippen molar-refractivity contribution in [2.24, 2.45) is 0 Å². The number of morpholine rings is 1. The molecule has 3 rings (SSSR count). The van der Waals surface area contributed by atoms with Crippen LogP contribution in [0.2, 0.25) is 0 Å². The van der Waals surface area contributed by atoms with Crippen molar-refractivity contribution in [1.29, 1.82) is 0 Å². The Bertz CT molecular complexity index is 1110. The molecule has 0 bridgehead atoms. The highest BCUT2D eigenvalue weighted by atomic mass is 16.5. The molecule has 1 aliphatic heterocycles. The van der Waals surface area contributed by atoms with Crippen LogP contribution in [-0.2, 0) is 24.4 Å². The molecule has 2 aromatic heterocycles.